The molecule has 1 atom stereocenters. The number of benzene rings is 1. The predicted octanol–water partition coefficient (Wildman–Crippen LogP) is 4.92. The molecule has 4 rings (SSSR count). The van der Waals surface area contributed by atoms with Crippen molar-refractivity contribution in [3.63, 3.8) is 0 Å². The maximum Gasteiger partial charge on any atom is 0.162 e. The first-order chi connectivity index (χ1) is 16.5. The molecule has 0 bridgehead atoms. The van der Waals surface area contributed by atoms with Gasteiger partial charge in [0.05, 0.1) is 17.0 Å². The summed E-state index contributed by atoms with van der Waals surface area (Å²) in [6.45, 7) is 10.8. The van der Waals surface area contributed by atoms with E-state index in [-0.39, 0.29) is 0 Å². The van der Waals surface area contributed by atoms with Gasteiger partial charge in [-0.1, -0.05) is 42.4 Å². The zero-order valence-corrected chi connectivity index (χ0v) is 20.7. The van der Waals surface area contributed by atoms with E-state index in [0.717, 1.165) is 71.4 Å². The van der Waals surface area contributed by atoms with Gasteiger partial charge in [0.15, 0.2) is 5.82 Å². The SMILES string of the molecule is CNCCNCc1cccc(-c2nc(NC3=CC=CCC3C)c(C)c(-c3c(C)noc3C)n2)c1. The Morgan fingerprint density at radius 2 is 1.97 bits per heavy atom. The van der Waals surface area contributed by atoms with Crippen LogP contribution in [0.25, 0.3) is 22.6 Å². The summed E-state index contributed by atoms with van der Waals surface area (Å²) in [5.74, 6) is 2.65. The zero-order valence-electron chi connectivity index (χ0n) is 20.7. The number of rotatable bonds is 9. The third-order valence-corrected chi connectivity index (χ3v) is 6.18. The summed E-state index contributed by atoms with van der Waals surface area (Å²) in [7, 11) is 1.96. The third kappa shape index (κ3) is 5.26. The number of aryl methyl sites for hydroxylation is 2. The first kappa shape index (κ1) is 23.9. The number of allylic oxidation sites excluding steroid dienone is 4. The van der Waals surface area contributed by atoms with Crippen molar-refractivity contribution < 1.29 is 4.52 Å². The lowest BCUT2D eigenvalue weighted by Crippen LogP contribution is -2.24. The fraction of sp³-hybridized carbons (Fsp3) is 0.370. The molecule has 7 heteroatoms. The van der Waals surface area contributed by atoms with E-state index in [1.54, 1.807) is 0 Å². The molecular weight excluding hydrogens is 424 g/mol. The number of nitrogens with zero attached hydrogens (tertiary/aromatic N) is 3. The van der Waals surface area contributed by atoms with Crippen LogP contribution in [0.4, 0.5) is 5.82 Å². The molecule has 1 aliphatic rings. The minimum atomic E-state index is 0.400. The van der Waals surface area contributed by atoms with E-state index < -0.39 is 0 Å². The Morgan fingerprint density at radius 1 is 1.12 bits per heavy atom. The van der Waals surface area contributed by atoms with Crippen molar-refractivity contribution in [2.45, 2.75) is 40.7 Å². The van der Waals surface area contributed by atoms with Crippen molar-refractivity contribution in [2.75, 3.05) is 25.5 Å². The normalized spacial score (nSPS) is 15.4. The van der Waals surface area contributed by atoms with Gasteiger partial charge in [0.2, 0.25) is 0 Å². The van der Waals surface area contributed by atoms with Crippen LogP contribution in [0, 0.1) is 26.7 Å². The van der Waals surface area contributed by atoms with E-state index in [0.29, 0.717) is 11.7 Å². The van der Waals surface area contributed by atoms with Gasteiger partial charge in [-0.3, -0.25) is 0 Å². The molecule has 0 spiro atoms. The minimum absolute atomic E-state index is 0.400. The first-order valence-electron chi connectivity index (χ1n) is 11.9. The molecule has 0 saturated heterocycles. The van der Waals surface area contributed by atoms with Crippen molar-refractivity contribution >= 4 is 5.82 Å². The van der Waals surface area contributed by atoms with Gasteiger partial charge >= 0.3 is 0 Å². The van der Waals surface area contributed by atoms with Crippen molar-refractivity contribution in [1.82, 2.24) is 25.8 Å². The van der Waals surface area contributed by atoms with E-state index in [2.05, 4.69) is 77.4 Å². The van der Waals surface area contributed by atoms with E-state index in [4.69, 9.17) is 14.5 Å². The molecule has 2 heterocycles. The van der Waals surface area contributed by atoms with Crippen LogP contribution < -0.4 is 16.0 Å². The molecule has 0 fully saturated rings. The summed E-state index contributed by atoms with van der Waals surface area (Å²) in [6.07, 6.45) is 7.43. The maximum absolute atomic E-state index is 5.48. The highest BCUT2D eigenvalue weighted by Crippen LogP contribution is 2.34. The molecule has 1 unspecified atom stereocenters. The van der Waals surface area contributed by atoms with Gasteiger partial charge in [-0.2, -0.15) is 0 Å². The van der Waals surface area contributed by atoms with Crippen LogP contribution in [0.3, 0.4) is 0 Å². The van der Waals surface area contributed by atoms with E-state index in [9.17, 15) is 0 Å². The average molecular weight is 459 g/mol. The van der Waals surface area contributed by atoms with Crippen molar-refractivity contribution in [2.24, 2.45) is 5.92 Å². The van der Waals surface area contributed by atoms with Gasteiger partial charge in [-0.15, -0.1) is 0 Å². The van der Waals surface area contributed by atoms with Crippen LogP contribution in [0.1, 0.15) is 35.9 Å². The predicted molar refractivity (Wildman–Crippen MR) is 137 cm³/mol. The van der Waals surface area contributed by atoms with Crippen molar-refractivity contribution in [3.8, 4) is 22.6 Å². The van der Waals surface area contributed by atoms with Gasteiger partial charge in [0.25, 0.3) is 0 Å². The lowest BCUT2D eigenvalue weighted by Gasteiger charge is -2.21. The Labute approximate surface area is 201 Å². The van der Waals surface area contributed by atoms with Crippen LogP contribution >= 0.6 is 0 Å². The van der Waals surface area contributed by atoms with Crippen LogP contribution in [0.2, 0.25) is 0 Å². The number of aromatic nitrogens is 3. The second-order valence-electron chi connectivity index (χ2n) is 8.86. The van der Waals surface area contributed by atoms with E-state index in [1.165, 1.54) is 5.56 Å². The largest absolute Gasteiger partial charge is 0.361 e. The van der Waals surface area contributed by atoms with Crippen LogP contribution in [-0.2, 0) is 6.54 Å². The number of likely N-dealkylation sites (N-methyl/N-ethyl adjacent to an activating group) is 1. The van der Waals surface area contributed by atoms with Crippen LogP contribution in [0.5, 0.6) is 0 Å². The Kier molecular flexibility index (Phi) is 7.55. The summed E-state index contributed by atoms with van der Waals surface area (Å²) < 4.78 is 5.48. The Balaban J connectivity index is 1.76. The molecule has 7 nitrogen and oxygen atoms in total. The lowest BCUT2D eigenvalue weighted by atomic mass is 9.98. The van der Waals surface area contributed by atoms with Gasteiger partial charge in [-0.25, -0.2) is 9.97 Å². The second kappa shape index (κ2) is 10.8. The Bertz CT molecular complexity index is 1190. The summed E-state index contributed by atoms with van der Waals surface area (Å²) in [4.78, 5) is 10.00. The molecule has 0 aliphatic heterocycles. The molecular formula is C27H34N6O. The minimum Gasteiger partial charge on any atom is -0.361 e. The molecule has 178 valence electrons. The summed E-state index contributed by atoms with van der Waals surface area (Å²) in [5, 5.41) is 14.4. The fourth-order valence-electron chi connectivity index (χ4n) is 4.15. The van der Waals surface area contributed by atoms with Crippen molar-refractivity contribution in [1.29, 1.82) is 0 Å². The highest BCUT2D eigenvalue weighted by atomic mass is 16.5. The van der Waals surface area contributed by atoms with Crippen molar-refractivity contribution in [3.05, 3.63) is 70.8 Å². The second-order valence-corrected chi connectivity index (χ2v) is 8.86. The molecule has 2 aromatic heterocycles. The number of nitrogens with one attached hydrogen (secondary N) is 3. The standard InChI is InChI=1S/C27H34N6O/c1-17-9-6-7-12-23(17)30-26-18(2)25(24-19(3)33-34-20(24)4)31-27(32-26)22-11-8-10-21(15-22)16-29-14-13-28-5/h6-8,10-12,15,17,28-29H,9,13-14,16H2,1-5H3,(H,30,31,32). The fourth-order valence-corrected chi connectivity index (χ4v) is 4.15. The van der Waals surface area contributed by atoms with Gasteiger partial charge < -0.3 is 20.5 Å². The van der Waals surface area contributed by atoms with Crippen LogP contribution in [0.15, 0.2) is 52.7 Å². The maximum atomic E-state index is 5.48. The highest BCUT2D eigenvalue weighted by Gasteiger charge is 2.21. The molecule has 0 saturated carbocycles. The van der Waals surface area contributed by atoms with Gasteiger partial charge in [-0.05, 0) is 57.9 Å². The Hall–Kier alpha value is -3.29. The topological polar surface area (TPSA) is 87.9 Å². The van der Waals surface area contributed by atoms with Gasteiger partial charge in [0.1, 0.15) is 11.6 Å². The molecule has 3 N–H and O–H groups in total. The van der Waals surface area contributed by atoms with E-state index >= 15 is 0 Å². The van der Waals surface area contributed by atoms with E-state index in [1.807, 2.05) is 20.9 Å². The Morgan fingerprint density at radius 3 is 2.71 bits per heavy atom. The number of anilines is 1. The quantitative estimate of drug-likeness (QED) is 0.392. The lowest BCUT2D eigenvalue weighted by molar-refractivity contribution is 0.393. The smallest absolute Gasteiger partial charge is 0.162 e. The summed E-state index contributed by atoms with van der Waals surface area (Å²) in [5.41, 5.74) is 6.91. The summed E-state index contributed by atoms with van der Waals surface area (Å²) in [6, 6.07) is 8.41. The number of hydrogen-bond donors (Lipinski definition) is 3. The molecule has 34 heavy (non-hydrogen) atoms. The highest BCUT2D eigenvalue weighted by molar-refractivity contribution is 5.75. The monoisotopic (exact) mass is 458 g/mol. The molecule has 1 aromatic carbocycles. The molecule has 0 amide bonds. The number of hydrogen-bond acceptors (Lipinski definition) is 7. The van der Waals surface area contributed by atoms with Crippen LogP contribution in [-0.4, -0.2) is 35.3 Å². The third-order valence-electron chi connectivity index (χ3n) is 6.18. The van der Waals surface area contributed by atoms with Gasteiger partial charge in [0, 0.05) is 36.5 Å². The molecule has 3 aromatic rings. The summed E-state index contributed by atoms with van der Waals surface area (Å²) >= 11 is 0. The zero-order chi connectivity index (χ0) is 24.1. The average Bonchev–Trinajstić information content (AvgIpc) is 3.17. The molecule has 0 radical (unpaired) electrons. The molecule has 1 aliphatic carbocycles. The first-order valence-corrected chi connectivity index (χ1v) is 11.9.